The van der Waals surface area contributed by atoms with Crippen molar-refractivity contribution in [2.45, 2.75) is 12.8 Å². The molecule has 0 aromatic carbocycles. The minimum absolute atomic E-state index is 0.668. The molecule has 0 bridgehead atoms. The molecule has 0 unspecified atom stereocenters. The Labute approximate surface area is 89.1 Å². The average molecular weight is 208 g/mol. The first-order chi connectivity index (χ1) is 7.31. The van der Waals surface area contributed by atoms with Gasteiger partial charge in [-0.25, -0.2) is 4.98 Å². The standard InChI is InChI=1S/C10H16N4O/c11-3-7-13-5-1-9-10(2-6-13)14(15)8-4-12-9/h4,8H,1-3,5-7,11H2. The molecule has 1 aromatic rings. The van der Waals surface area contributed by atoms with Crippen molar-refractivity contribution in [2.24, 2.45) is 5.73 Å². The number of nitrogens with two attached hydrogens (primary N) is 1. The van der Waals surface area contributed by atoms with Crippen LogP contribution in [0.1, 0.15) is 11.4 Å². The molecule has 5 nitrogen and oxygen atoms in total. The van der Waals surface area contributed by atoms with E-state index in [1.807, 2.05) is 0 Å². The van der Waals surface area contributed by atoms with Crippen molar-refractivity contribution < 1.29 is 4.73 Å². The summed E-state index contributed by atoms with van der Waals surface area (Å²) in [6.45, 7) is 3.41. The topological polar surface area (TPSA) is 69.1 Å². The van der Waals surface area contributed by atoms with Crippen LogP contribution in [0, 0.1) is 5.21 Å². The Hall–Kier alpha value is -1.20. The van der Waals surface area contributed by atoms with Crippen molar-refractivity contribution in [3.05, 3.63) is 29.0 Å². The Morgan fingerprint density at radius 2 is 2.27 bits per heavy atom. The van der Waals surface area contributed by atoms with Crippen molar-refractivity contribution in [1.82, 2.24) is 9.88 Å². The lowest BCUT2D eigenvalue weighted by atomic mass is 10.2. The second-order valence-corrected chi connectivity index (χ2v) is 3.78. The molecule has 1 aliphatic rings. The van der Waals surface area contributed by atoms with E-state index in [0.717, 1.165) is 48.6 Å². The zero-order chi connectivity index (χ0) is 10.7. The monoisotopic (exact) mass is 208 g/mol. The van der Waals surface area contributed by atoms with E-state index in [9.17, 15) is 5.21 Å². The zero-order valence-corrected chi connectivity index (χ0v) is 8.72. The molecule has 0 aliphatic carbocycles. The van der Waals surface area contributed by atoms with E-state index in [1.165, 1.54) is 6.20 Å². The van der Waals surface area contributed by atoms with Crippen LogP contribution in [0.5, 0.6) is 0 Å². The summed E-state index contributed by atoms with van der Waals surface area (Å²) in [5.41, 5.74) is 7.27. The second-order valence-electron chi connectivity index (χ2n) is 3.78. The summed E-state index contributed by atoms with van der Waals surface area (Å²) in [7, 11) is 0. The average Bonchev–Trinajstić information content (AvgIpc) is 2.43. The van der Waals surface area contributed by atoms with Crippen LogP contribution in [0.3, 0.4) is 0 Å². The molecule has 2 N–H and O–H groups in total. The molecule has 5 heteroatoms. The van der Waals surface area contributed by atoms with Gasteiger partial charge in [-0.3, -0.25) is 0 Å². The van der Waals surface area contributed by atoms with Crippen LogP contribution in [-0.4, -0.2) is 36.1 Å². The fourth-order valence-electron chi connectivity index (χ4n) is 1.98. The van der Waals surface area contributed by atoms with Gasteiger partial charge >= 0.3 is 0 Å². The quantitative estimate of drug-likeness (QED) is 0.504. The van der Waals surface area contributed by atoms with Crippen molar-refractivity contribution >= 4 is 0 Å². The van der Waals surface area contributed by atoms with Crippen molar-refractivity contribution in [3.8, 4) is 0 Å². The van der Waals surface area contributed by atoms with Gasteiger partial charge in [-0.05, 0) is 0 Å². The summed E-state index contributed by atoms with van der Waals surface area (Å²) < 4.78 is 0.939. The number of fused-ring (bicyclic) bond motifs is 1. The molecule has 2 heterocycles. The molecule has 1 aliphatic heterocycles. The lowest BCUT2D eigenvalue weighted by molar-refractivity contribution is -0.615. The van der Waals surface area contributed by atoms with Gasteiger partial charge in [0.2, 0.25) is 5.69 Å². The third kappa shape index (κ3) is 2.24. The molecular formula is C10H16N4O. The van der Waals surface area contributed by atoms with E-state index in [2.05, 4.69) is 9.88 Å². The van der Waals surface area contributed by atoms with E-state index >= 15 is 0 Å². The van der Waals surface area contributed by atoms with Crippen molar-refractivity contribution in [2.75, 3.05) is 26.2 Å². The molecular weight excluding hydrogens is 192 g/mol. The molecule has 0 amide bonds. The Kier molecular flexibility index (Phi) is 3.13. The molecule has 1 aromatic heterocycles. The molecule has 0 fully saturated rings. The van der Waals surface area contributed by atoms with E-state index < -0.39 is 0 Å². The Bertz CT molecular complexity index is 342. The highest BCUT2D eigenvalue weighted by atomic mass is 16.5. The molecule has 0 atom stereocenters. The zero-order valence-electron chi connectivity index (χ0n) is 8.72. The van der Waals surface area contributed by atoms with Crippen LogP contribution in [0.15, 0.2) is 12.4 Å². The summed E-state index contributed by atoms with van der Waals surface area (Å²) in [6.07, 6.45) is 4.66. The fraction of sp³-hybridized carbons (Fsp3) is 0.600. The lowest BCUT2D eigenvalue weighted by Gasteiger charge is -2.17. The normalized spacial score (nSPS) is 17.1. The number of hydrogen-bond donors (Lipinski definition) is 1. The van der Waals surface area contributed by atoms with Crippen LogP contribution in [0.25, 0.3) is 0 Å². The number of nitrogens with zero attached hydrogens (tertiary/aromatic N) is 3. The highest BCUT2D eigenvalue weighted by Crippen LogP contribution is 2.08. The molecule has 0 saturated heterocycles. The minimum atomic E-state index is 0.668. The molecule has 82 valence electrons. The third-order valence-electron chi connectivity index (χ3n) is 2.81. The molecule has 2 rings (SSSR count). The van der Waals surface area contributed by atoms with E-state index in [-0.39, 0.29) is 0 Å². The van der Waals surface area contributed by atoms with E-state index in [0.29, 0.717) is 6.54 Å². The second kappa shape index (κ2) is 4.55. The Balaban J connectivity index is 2.14. The first kappa shape index (κ1) is 10.3. The summed E-state index contributed by atoms with van der Waals surface area (Å²) in [5, 5.41) is 11.5. The number of hydrogen-bond acceptors (Lipinski definition) is 4. The van der Waals surface area contributed by atoms with Gasteiger partial charge in [0.25, 0.3) is 0 Å². The predicted octanol–water partition coefficient (Wildman–Crippen LogP) is -0.926. The third-order valence-corrected chi connectivity index (χ3v) is 2.81. The Morgan fingerprint density at radius 3 is 3.07 bits per heavy atom. The highest BCUT2D eigenvalue weighted by Gasteiger charge is 2.19. The maximum atomic E-state index is 11.5. The van der Waals surface area contributed by atoms with Gasteiger partial charge in [0.1, 0.15) is 5.69 Å². The number of aromatic nitrogens is 2. The van der Waals surface area contributed by atoms with Crippen molar-refractivity contribution in [1.29, 1.82) is 0 Å². The molecule has 15 heavy (non-hydrogen) atoms. The van der Waals surface area contributed by atoms with Crippen LogP contribution in [0.4, 0.5) is 0 Å². The summed E-state index contributed by atoms with van der Waals surface area (Å²) in [4.78, 5) is 6.54. The molecule has 0 spiro atoms. The Morgan fingerprint density at radius 1 is 1.47 bits per heavy atom. The van der Waals surface area contributed by atoms with Crippen LogP contribution in [-0.2, 0) is 12.8 Å². The van der Waals surface area contributed by atoms with Gasteiger partial charge in [-0.1, -0.05) is 0 Å². The molecule has 0 saturated carbocycles. The van der Waals surface area contributed by atoms with Crippen molar-refractivity contribution in [3.63, 3.8) is 0 Å². The van der Waals surface area contributed by atoms with E-state index in [4.69, 9.17) is 5.73 Å². The maximum absolute atomic E-state index is 11.5. The fourth-order valence-corrected chi connectivity index (χ4v) is 1.98. The van der Waals surface area contributed by atoms with Gasteiger partial charge in [0.15, 0.2) is 6.20 Å². The van der Waals surface area contributed by atoms with Gasteiger partial charge in [-0.2, -0.15) is 4.73 Å². The van der Waals surface area contributed by atoms with Gasteiger partial charge in [0.05, 0.1) is 6.20 Å². The summed E-state index contributed by atoms with van der Waals surface area (Å²) in [6, 6.07) is 0. The molecule has 0 radical (unpaired) electrons. The van der Waals surface area contributed by atoms with Gasteiger partial charge < -0.3 is 15.8 Å². The largest absolute Gasteiger partial charge is 0.618 e. The maximum Gasteiger partial charge on any atom is 0.215 e. The highest BCUT2D eigenvalue weighted by molar-refractivity contribution is 5.09. The first-order valence-corrected chi connectivity index (χ1v) is 5.29. The summed E-state index contributed by atoms with van der Waals surface area (Å²) >= 11 is 0. The van der Waals surface area contributed by atoms with Crippen LogP contribution < -0.4 is 10.5 Å². The predicted molar refractivity (Wildman–Crippen MR) is 56.1 cm³/mol. The number of rotatable bonds is 2. The lowest BCUT2D eigenvalue weighted by Crippen LogP contribution is -2.35. The van der Waals surface area contributed by atoms with E-state index in [1.54, 1.807) is 6.20 Å². The summed E-state index contributed by atoms with van der Waals surface area (Å²) in [5.74, 6) is 0. The van der Waals surface area contributed by atoms with Crippen LogP contribution in [0.2, 0.25) is 0 Å². The SMILES string of the molecule is NCCN1CCc2ncc[n+]([O-])c2CC1. The first-order valence-electron chi connectivity index (χ1n) is 5.29. The van der Waals surface area contributed by atoms with Gasteiger partial charge in [0, 0.05) is 39.0 Å². The van der Waals surface area contributed by atoms with Crippen LogP contribution >= 0.6 is 0 Å². The smallest absolute Gasteiger partial charge is 0.215 e. The minimum Gasteiger partial charge on any atom is -0.618 e. The van der Waals surface area contributed by atoms with Gasteiger partial charge in [-0.15, -0.1) is 0 Å².